The molecule has 0 nitrogen and oxygen atoms in total. The number of benzene rings is 7. The van der Waals surface area contributed by atoms with Gasteiger partial charge in [0.2, 0.25) is 0 Å². The van der Waals surface area contributed by atoms with Crippen LogP contribution in [0.3, 0.4) is 0 Å². The fraction of sp³-hybridized carbons (Fsp3) is 0.164. The maximum Gasteiger partial charge on any atom is 0.00620 e. The third-order valence-corrected chi connectivity index (χ3v) is 12.4. The Balaban J connectivity index is 1.06. The van der Waals surface area contributed by atoms with Crippen LogP contribution in [-0.4, -0.2) is 0 Å². The smallest absolute Gasteiger partial charge is 0.00620 e. The van der Waals surface area contributed by atoms with E-state index < -0.39 is 0 Å². The molecule has 0 aliphatic heterocycles. The first kappa shape index (κ1) is 33.6. The number of fused-ring (bicyclic) bond motifs is 3. The van der Waals surface area contributed by atoms with E-state index in [1.165, 1.54) is 113 Å². The van der Waals surface area contributed by atoms with Crippen molar-refractivity contribution in [2.45, 2.75) is 57.3 Å². The average molecular weight is 707 g/mol. The zero-order valence-corrected chi connectivity index (χ0v) is 31.6. The summed E-state index contributed by atoms with van der Waals surface area (Å²) >= 11 is 0. The second kappa shape index (κ2) is 14.3. The fourth-order valence-electron chi connectivity index (χ4n) is 9.45. The molecule has 0 N–H and O–H groups in total. The molecule has 10 rings (SSSR count). The fourth-order valence-corrected chi connectivity index (χ4v) is 9.45. The van der Waals surface area contributed by atoms with Crippen LogP contribution in [0, 0.1) is 6.92 Å². The van der Waals surface area contributed by atoms with Gasteiger partial charge in [-0.1, -0.05) is 164 Å². The molecule has 266 valence electrons. The molecule has 1 saturated carbocycles. The molecule has 7 aromatic carbocycles. The second-order valence-corrected chi connectivity index (χ2v) is 15.9. The van der Waals surface area contributed by atoms with Gasteiger partial charge in [-0.3, -0.25) is 0 Å². The monoisotopic (exact) mass is 706 g/mol. The first-order valence-electron chi connectivity index (χ1n) is 20.3. The van der Waals surface area contributed by atoms with Gasteiger partial charge in [-0.05, 0) is 157 Å². The number of hydrogen-bond donors (Lipinski definition) is 0. The van der Waals surface area contributed by atoms with Gasteiger partial charge in [-0.15, -0.1) is 0 Å². The van der Waals surface area contributed by atoms with E-state index in [2.05, 4.69) is 183 Å². The van der Waals surface area contributed by atoms with Gasteiger partial charge in [0.05, 0.1) is 0 Å². The van der Waals surface area contributed by atoms with E-state index in [1.54, 1.807) is 0 Å². The minimum absolute atomic E-state index is 0.310. The van der Waals surface area contributed by atoms with Crippen molar-refractivity contribution in [3.8, 4) is 33.4 Å². The van der Waals surface area contributed by atoms with Crippen LogP contribution < -0.4 is 0 Å². The van der Waals surface area contributed by atoms with Crippen LogP contribution in [0.25, 0.3) is 66.1 Å². The van der Waals surface area contributed by atoms with Crippen LogP contribution in [0.2, 0.25) is 0 Å². The summed E-state index contributed by atoms with van der Waals surface area (Å²) in [5, 5.41) is 5.38. The van der Waals surface area contributed by atoms with Crippen LogP contribution in [0.15, 0.2) is 176 Å². The molecule has 0 heteroatoms. The summed E-state index contributed by atoms with van der Waals surface area (Å²) in [7, 11) is 0. The van der Waals surface area contributed by atoms with Gasteiger partial charge in [0.1, 0.15) is 0 Å². The number of allylic oxidation sites excluding steroid dienone is 8. The highest BCUT2D eigenvalue weighted by atomic mass is 14.3. The number of hydrogen-bond acceptors (Lipinski definition) is 0. The molecular weight excluding hydrogens is 661 g/mol. The lowest BCUT2D eigenvalue weighted by atomic mass is 9.73. The topological polar surface area (TPSA) is 0 Å². The standard InChI is InChI=1S/C55H46/c1-37-31-44-19-8-9-26-49(44)51-28-14-29-52(54(37)51)53-30-13-27-50(55(53)40-20-10-21-40)45-25-12-23-42(33-45)41-22-11-24-43(32-41)48-35-46(38-15-4-2-5-16-38)34-47(36-48)39-17-6-3-7-18-39/h2-6,8-9,11-17,19,23-36,40-41H,7,10,18,20-22H2,1H3. The number of aryl methyl sites for hydroxylation is 1. The average Bonchev–Trinajstić information content (AvgIpc) is 3.23. The molecule has 1 atom stereocenters. The Morgan fingerprint density at radius 1 is 0.564 bits per heavy atom. The van der Waals surface area contributed by atoms with Crippen molar-refractivity contribution in [2.75, 3.05) is 0 Å². The van der Waals surface area contributed by atoms with E-state index in [0.717, 1.165) is 19.3 Å². The molecular formula is C55H46. The molecule has 3 aliphatic carbocycles. The lowest BCUT2D eigenvalue weighted by molar-refractivity contribution is 0.421. The normalized spacial score (nSPS) is 16.9. The Kier molecular flexibility index (Phi) is 8.76. The zero-order chi connectivity index (χ0) is 36.7. The Morgan fingerprint density at radius 2 is 1.31 bits per heavy atom. The molecule has 1 fully saturated rings. The Bertz CT molecular complexity index is 2710. The van der Waals surface area contributed by atoms with Gasteiger partial charge < -0.3 is 0 Å². The van der Waals surface area contributed by atoms with Gasteiger partial charge >= 0.3 is 0 Å². The van der Waals surface area contributed by atoms with Crippen molar-refractivity contribution in [1.82, 2.24) is 0 Å². The van der Waals surface area contributed by atoms with Gasteiger partial charge in [-0.25, -0.2) is 0 Å². The molecule has 3 aliphatic rings. The summed E-state index contributed by atoms with van der Waals surface area (Å²) in [6.07, 6.45) is 21.0. The Hall–Kier alpha value is -5.98. The lowest BCUT2D eigenvalue weighted by Gasteiger charge is -2.31. The highest BCUT2D eigenvalue weighted by molar-refractivity contribution is 6.14. The van der Waals surface area contributed by atoms with E-state index in [4.69, 9.17) is 0 Å². The molecule has 0 bridgehead atoms. The van der Waals surface area contributed by atoms with Crippen molar-refractivity contribution in [1.29, 1.82) is 0 Å². The van der Waals surface area contributed by atoms with Crippen molar-refractivity contribution in [3.63, 3.8) is 0 Å². The molecule has 7 aromatic rings. The van der Waals surface area contributed by atoms with E-state index in [1.807, 2.05) is 0 Å². The van der Waals surface area contributed by atoms with Crippen molar-refractivity contribution in [2.24, 2.45) is 0 Å². The first-order valence-corrected chi connectivity index (χ1v) is 20.3. The summed E-state index contributed by atoms with van der Waals surface area (Å²) < 4.78 is 0. The van der Waals surface area contributed by atoms with Gasteiger partial charge in [0.15, 0.2) is 0 Å². The van der Waals surface area contributed by atoms with E-state index >= 15 is 0 Å². The molecule has 0 amide bonds. The molecule has 55 heavy (non-hydrogen) atoms. The SMILES string of the molecule is Cc1cc2ccccc2c2cccc(-c3cccc(-c4cccc(C5C=C(c6cc(C7=CC=CCC7)cc(-c7ccccc7)c6)C=CC5)c4)c3C3CCC3)c12. The van der Waals surface area contributed by atoms with Crippen LogP contribution in [0.1, 0.15) is 78.2 Å². The van der Waals surface area contributed by atoms with E-state index in [9.17, 15) is 0 Å². The summed E-state index contributed by atoms with van der Waals surface area (Å²) in [5.41, 5.74) is 17.6. The molecule has 1 unspecified atom stereocenters. The van der Waals surface area contributed by atoms with Gasteiger partial charge in [-0.2, -0.15) is 0 Å². The minimum Gasteiger partial charge on any atom is -0.0842 e. The summed E-state index contributed by atoms with van der Waals surface area (Å²) in [6.45, 7) is 2.29. The third kappa shape index (κ3) is 6.30. The van der Waals surface area contributed by atoms with E-state index in [0.29, 0.717) is 11.8 Å². The minimum atomic E-state index is 0.310. The predicted molar refractivity (Wildman–Crippen MR) is 236 cm³/mol. The molecule has 0 radical (unpaired) electrons. The van der Waals surface area contributed by atoms with Crippen molar-refractivity contribution < 1.29 is 0 Å². The molecule has 0 spiro atoms. The summed E-state index contributed by atoms with van der Waals surface area (Å²) in [5.74, 6) is 0.890. The summed E-state index contributed by atoms with van der Waals surface area (Å²) in [6, 6.07) is 52.8. The first-order chi connectivity index (χ1) is 27.2. The predicted octanol–water partition coefficient (Wildman–Crippen LogP) is 15.4. The van der Waals surface area contributed by atoms with Crippen LogP contribution in [-0.2, 0) is 0 Å². The van der Waals surface area contributed by atoms with Crippen LogP contribution >= 0.6 is 0 Å². The highest BCUT2D eigenvalue weighted by Crippen LogP contribution is 2.48. The molecule has 0 aromatic heterocycles. The largest absolute Gasteiger partial charge is 0.0842 e. The highest BCUT2D eigenvalue weighted by Gasteiger charge is 2.27. The molecule has 0 heterocycles. The zero-order valence-electron chi connectivity index (χ0n) is 31.6. The quantitative estimate of drug-likeness (QED) is 0.145. The third-order valence-electron chi connectivity index (χ3n) is 12.4. The van der Waals surface area contributed by atoms with Crippen LogP contribution in [0.4, 0.5) is 0 Å². The van der Waals surface area contributed by atoms with E-state index in [-0.39, 0.29) is 0 Å². The van der Waals surface area contributed by atoms with Crippen molar-refractivity contribution in [3.05, 3.63) is 204 Å². The van der Waals surface area contributed by atoms with Gasteiger partial charge in [0.25, 0.3) is 0 Å². The Morgan fingerprint density at radius 3 is 2.16 bits per heavy atom. The molecule has 0 saturated heterocycles. The Labute approximate surface area is 325 Å². The maximum absolute atomic E-state index is 2.52. The maximum atomic E-state index is 2.52. The lowest BCUT2D eigenvalue weighted by Crippen LogP contribution is -2.12. The van der Waals surface area contributed by atoms with Gasteiger partial charge in [0, 0.05) is 5.92 Å². The van der Waals surface area contributed by atoms with Crippen LogP contribution in [0.5, 0.6) is 0 Å². The van der Waals surface area contributed by atoms with Crippen molar-refractivity contribution >= 4 is 32.7 Å². The number of rotatable bonds is 7. The summed E-state index contributed by atoms with van der Waals surface area (Å²) in [4.78, 5) is 0. The second-order valence-electron chi connectivity index (χ2n) is 15.9.